The van der Waals surface area contributed by atoms with Crippen molar-refractivity contribution in [2.45, 2.75) is 0 Å². The van der Waals surface area contributed by atoms with Gasteiger partial charge in [-0.15, -0.1) is 0 Å². The second kappa shape index (κ2) is 4.37. The fourth-order valence-corrected chi connectivity index (χ4v) is 0.0680. The van der Waals surface area contributed by atoms with Crippen molar-refractivity contribution in [3.63, 3.8) is 0 Å². The molecule has 0 aromatic carbocycles. The summed E-state index contributed by atoms with van der Waals surface area (Å²) in [7, 11) is 0. The molecule has 0 fully saturated rings. The van der Waals surface area contributed by atoms with Gasteiger partial charge in [0, 0.05) is 6.08 Å². The van der Waals surface area contributed by atoms with Crippen molar-refractivity contribution in [1.29, 1.82) is 0 Å². The molecule has 0 N–H and O–H groups in total. The van der Waals surface area contributed by atoms with Crippen LogP contribution in [0.1, 0.15) is 0 Å². The van der Waals surface area contributed by atoms with E-state index in [9.17, 15) is 0 Å². The Bertz CT molecular complexity index is 62.4. The Kier molecular flexibility index (Phi) is 3.91. The third-order valence-electron chi connectivity index (χ3n) is 0.235. The summed E-state index contributed by atoms with van der Waals surface area (Å²) in [5, 5.41) is 8.98. The van der Waals surface area contributed by atoms with E-state index in [0.717, 1.165) is 6.08 Å². The van der Waals surface area contributed by atoms with Crippen LogP contribution in [-0.2, 0) is 14.9 Å². The van der Waals surface area contributed by atoms with E-state index in [1.54, 1.807) is 0 Å². The average Bonchev–Trinajstić information content (AvgIpc) is 1.61. The molecule has 3 nitrogen and oxygen atoms in total. The smallest absolute Gasteiger partial charge is 0.122 e. The highest BCUT2D eigenvalue weighted by Gasteiger charge is 1.68. The summed E-state index contributed by atoms with van der Waals surface area (Å²) in [6.07, 6.45) is 0.965. The van der Waals surface area contributed by atoms with Gasteiger partial charge in [-0.2, -0.15) is 4.89 Å². The van der Waals surface area contributed by atoms with E-state index < -0.39 is 0 Å². The Morgan fingerprint density at radius 1 is 1.83 bits per heavy atom. The first-order valence-electron chi connectivity index (χ1n) is 1.36. The molecule has 3 heteroatoms. The lowest BCUT2D eigenvalue weighted by molar-refractivity contribution is -0.294. The quantitative estimate of drug-likeness (QED) is 0.264. The molecule has 0 rings (SSSR count). The molecule has 0 aliphatic heterocycles. The maximum atomic E-state index is 9.16. The Hall–Kier alpha value is -0.630. The predicted molar refractivity (Wildman–Crippen MR) is 16.9 cm³/mol. The van der Waals surface area contributed by atoms with Gasteiger partial charge >= 0.3 is 0 Å². The Morgan fingerprint density at radius 2 is 2.50 bits per heavy atom. The van der Waals surface area contributed by atoms with Gasteiger partial charge in [0.1, 0.15) is 12.5 Å². The molecule has 6 heavy (non-hydrogen) atoms. The van der Waals surface area contributed by atoms with E-state index >= 15 is 0 Å². The van der Waals surface area contributed by atoms with Crippen molar-refractivity contribution in [2.75, 3.05) is 6.61 Å². The first-order chi connectivity index (χ1) is 2.91. The summed E-state index contributed by atoms with van der Waals surface area (Å²) in [5.41, 5.74) is 0. The van der Waals surface area contributed by atoms with Crippen LogP contribution in [0, 0.1) is 0 Å². The van der Waals surface area contributed by atoms with Gasteiger partial charge in [0.25, 0.3) is 0 Å². The van der Waals surface area contributed by atoms with Crippen molar-refractivity contribution in [3.05, 3.63) is 6.08 Å². The summed E-state index contributed by atoms with van der Waals surface area (Å²) in [4.78, 5) is 12.4. The van der Waals surface area contributed by atoms with Crippen LogP contribution >= 0.6 is 0 Å². The fourth-order valence-electron chi connectivity index (χ4n) is 0.0680. The summed E-state index contributed by atoms with van der Waals surface area (Å²) < 4.78 is 0. The molecule has 0 aliphatic carbocycles. The lowest BCUT2D eigenvalue weighted by atomic mass is 10.7. The highest BCUT2D eigenvalue weighted by molar-refractivity contribution is 5.44. The van der Waals surface area contributed by atoms with Crippen LogP contribution in [-0.4, -0.2) is 12.5 Å². The van der Waals surface area contributed by atoms with Gasteiger partial charge in [-0.1, -0.05) is 0 Å². The molecule has 0 aromatic heterocycles. The van der Waals surface area contributed by atoms with Gasteiger partial charge in [0.15, 0.2) is 0 Å². The number of hydrogen-bond acceptors (Lipinski definition) is 2. The van der Waals surface area contributed by atoms with Crippen molar-refractivity contribution in [1.82, 2.24) is 0 Å². The maximum Gasteiger partial charge on any atom is 0.122 e. The van der Waals surface area contributed by atoms with Crippen molar-refractivity contribution < 1.29 is 14.9 Å². The minimum atomic E-state index is -0.191. The molecule has 0 bridgehead atoms. The summed E-state index contributed by atoms with van der Waals surface area (Å²) in [6, 6.07) is 0. The van der Waals surface area contributed by atoms with Crippen molar-refractivity contribution >= 4 is 5.94 Å². The first kappa shape index (κ1) is 5.37. The van der Waals surface area contributed by atoms with E-state index in [1.165, 1.54) is 5.94 Å². The molecule has 0 amide bonds. The van der Waals surface area contributed by atoms with Gasteiger partial charge in [-0.25, -0.2) is 4.79 Å². The van der Waals surface area contributed by atoms with Gasteiger partial charge in [0.2, 0.25) is 0 Å². The molecule has 0 aromatic rings. The zero-order valence-electron chi connectivity index (χ0n) is 3.01. The normalized spacial score (nSPS) is 6.83. The van der Waals surface area contributed by atoms with Gasteiger partial charge in [-0.05, 0) is 5.26 Å². The second-order valence-corrected chi connectivity index (χ2v) is 0.606. The van der Waals surface area contributed by atoms with E-state index in [1.807, 2.05) is 0 Å². The highest BCUT2D eigenvalue weighted by Crippen LogP contribution is 1.60. The molecule has 0 aliphatic rings. The number of hydrogen-bond donors (Lipinski definition) is 0. The van der Waals surface area contributed by atoms with Crippen LogP contribution in [0.4, 0.5) is 0 Å². The summed E-state index contributed by atoms with van der Waals surface area (Å²) in [5.74, 6) is 1.37. The van der Waals surface area contributed by atoms with E-state index in [2.05, 4.69) is 4.89 Å². The molecule has 0 saturated carbocycles. The number of rotatable bonds is 2. The second-order valence-electron chi connectivity index (χ2n) is 0.606. The summed E-state index contributed by atoms with van der Waals surface area (Å²) >= 11 is 0. The van der Waals surface area contributed by atoms with Gasteiger partial charge in [-0.3, -0.25) is 0 Å². The van der Waals surface area contributed by atoms with Gasteiger partial charge < -0.3 is 0 Å². The van der Waals surface area contributed by atoms with Crippen LogP contribution in [0.3, 0.4) is 0 Å². The van der Waals surface area contributed by atoms with E-state index in [0.29, 0.717) is 0 Å². The molecule has 0 spiro atoms. The monoisotopic (exact) mass is 87.0 g/mol. The molecule has 0 unspecified atom stereocenters. The van der Waals surface area contributed by atoms with Crippen LogP contribution in [0.5, 0.6) is 0 Å². The van der Waals surface area contributed by atoms with Crippen LogP contribution in [0.25, 0.3) is 0 Å². The molecule has 1 radical (unpaired) electrons. The average molecular weight is 87.1 g/mol. The highest BCUT2D eigenvalue weighted by atomic mass is 17.1. The largest absolute Gasteiger partial charge is 0.234 e. The van der Waals surface area contributed by atoms with Gasteiger partial charge in [0.05, 0.1) is 0 Å². The Morgan fingerprint density at radius 3 is 2.67 bits per heavy atom. The van der Waals surface area contributed by atoms with E-state index in [4.69, 9.17) is 10.1 Å². The number of carbonyl (C=O) groups excluding carboxylic acids is 1. The Balaban J connectivity index is 2.86. The standard InChI is InChI=1S/C3H3O3/c4-2-1-3-6-5/h1H,3H2. The third kappa shape index (κ3) is 3.37. The van der Waals surface area contributed by atoms with Crippen molar-refractivity contribution in [2.24, 2.45) is 0 Å². The fraction of sp³-hybridized carbons (Fsp3) is 0.333. The van der Waals surface area contributed by atoms with Crippen LogP contribution in [0.15, 0.2) is 6.08 Å². The molecule has 0 heterocycles. The van der Waals surface area contributed by atoms with Crippen LogP contribution in [0.2, 0.25) is 0 Å². The lowest BCUT2D eigenvalue weighted by Crippen LogP contribution is -1.77. The van der Waals surface area contributed by atoms with E-state index in [-0.39, 0.29) is 6.61 Å². The maximum absolute atomic E-state index is 9.16. The topological polar surface area (TPSA) is 46.2 Å². The first-order valence-corrected chi connectivity index (χ1v) is 1.36. The zero-order chi connectivity index (χ0) is 4.83. The minimum absolute atomic E-state index is 0.191. The zero-order valence-corrected chi connectivity index (χ0v) is 3.01. The molecular weight excluding hydrogens is 84.0 g/mol. The van der Waals surface area contributed by atoms with Crippen molar-refractivity contribution in [3.8, 4) is 0 Å². The minimum Gasteiger partial charge on any atom is -0.234 e. The SMILES string of the molecule is [O]OCC=C=O. The van der Waals surface area contributed by atoms with Crippen LogP contribution < -0.4 is 0 Å². The molecule has 33 valence electrons. The molecular formula is C3H3O3. The summed E-state index contributed by atoms with van der Waals surface area (Å²) in [6.45, 7) is -0.191. The predicted octanol–water partition coefficient (Wildman–Crippen LogP) is -0.264. The third-order valence-corrected chi connectivity index (χ3v) is 0.235. The molecule has 0 atom stereocenters. The molecule has 0 saturated heterocycles. The Labute approximate surface area is 34.8 Å². The lowest BCUT2D eigenvalue weighted by Gasteiger charge is -1.70.